The number of halogens is 4. The molecule has 0 bridgehead atoms. The van der Waals surface area contributed by atoms with Gasteiger partial charge in [-0.2, -0.15) is 13.2 Å². The quantitative estimate of drug-likeness (QED) is 0.425. The molecule has 8 heteroatoms. The number of ether oxygens (including phenoxy) is 3. The van der Waals surface area contributed by atoms with Gasteiger partial charge < -0.3 is 14.2 Å². The number of hydrogen-bond acceptors (Lipinski definition) is 4. The highest BCUT2D eigenvalue weighted by Gasteiger charge is 2.27. The smallest absolute Gasteiger partial charge is 0.411 e. The first-order valence-electron chi connectivity index (χ1n) is 5.56. The summed E-state index contributed by atoms with van der Waals surface area (Å²) >= 11 is 3.16. The highest BCUT2D eigenvalue weighted by atomic mass is 79.9. The van der Waals surface area contributed by atoms with Crippen LogP contribution in [0.1, 0.15) is 17.3 Å². The van der Waals surface area contributed by atoms with Crippen LogP contribution in [-0.2, 0) is 4.74 Å². The normalized spacial score (nSPS) is 11.2. The third kappa shape index (κ3) is 5.38. The lowest BCUT2D eigenvalue weighted by atomic mass is 10.2. The van der Waals surface area contributed by atoms with Crippen LogP contribution in [-0.4, -0.2) is 32.5 Å². The molecule has 0 aliphatic carbocycles. The maximum atomic E-state index is 11.9. The van der Waals surface area contributed by atoms with Gasteiger partial charge in [-0.15, -0.1) is 0 Å². The molecular formula is C12H12BrF3O4. The Balaban J connectivity index is 2.75. The van der Waals surface area contributed by atoms with Gasteiger partial charge in [0.15, 0.2) is 18.3 Å². The van der Waals surface area contributed by atoms with Crippen LogP contribution in [0.3, 0.4) is 0 Å². The molecule has 4 nitrogen and oxygen atoms in total. The summed E-state index contributed by atoms with van der Waals surface area (Å²) < 4.78 is 50.8. The van der Waals surface area contributed by atoms with Crippen molar-refractivity contribution in [3.05, 3.63) is 22.2 Å². The van der Waals surface area contributed by atoms with E-state index in [1.165, 1.54) is 12.1 Å². The topological polar surface area (TPSA) is 44.8 Å². The first kappa shape index (κ1) is 16.8. The number of rotatable bonds is 7. The Hall–Kier alpha value is -1.28. The summed E-state index contributed by atoms with van der Waals surface area (Å²) in [6, 6.07) is 2.90. The van der Waals surface area contributed by atoms with Gasteiger partial charge in [0, 0.05) is 5.56 Å². The largest absolute Gasteiger partial charge is 0.490 e. The minimum Gasteiger partial charge on any atom is -0.490 e. The van der Waals surface area contributed by atoms with E-state index >= 15 is 0 Å². The van der Waals surface area contributed by atoms with Crippen LogP contribution in [0.15, 0.2) is 16.6 Å². The summed E-state index contributed by atoms with van der Waals surface area (Å²) in [5.74, 6) is 0.430. The number of alkyl halides is 3. The first-order chi connectivity index (χ1) is 9.37. The van der Waals surface area contributed by atoms with E-state index in [0.717, 1.165) is 0 Å². The molecule has 0 spiro atoms. The lowest BCUT2D eigenvalue weighted by Gasteiger charge is -2.14. The van der Waals surface area contributed by atoms with Gasteiger partial charge in [-0.3, -0.25) is 4.79 Å². The second-order valence-electron chi connectivity index (χ2n) is 3.61. The minimum atomic E-state index is -4.41. The van der Waals surface area contributed by atoms with Gasteiger partial charge in [0.1, 0.15) is 12.9 Å². The van der Waals surface area contributed by atoms with Crippen molar-refractivity contribution in [2.24, 2.45) is 0 Å². The molecule has 0 heterocycles. The highest BCUT2D eigenvalue weighted by molar-refractivity contribution is 9.10. The lowest BCUT2D eigenvalue weighted by molar-refractivity contribution is -0.186. The second kappa shape index (κ2) is 7.49. The summed E-state index contributed by atoms with van der Waals surface area (Å²) in [7, 11) is 0. The molecule has 0 fully saturated rings. The van der Waals surface area contributed by atoms with E-state index in [4.69, 9.17) is 9.47 Å². The monoisotopic (exact) mass is 356 g/mol. The van der Waals surface area contributed by atoms with E-state index in [1.54, 1.807) is 6.92 Å². The lowest BCUT2D eigenvalue weighted by Crippen LogP contribution is -2.19. The van der Waals surface area contributed by atoms with Crippen molar-refractivity contribution in [3.63, 3.8) is 0 Å². The molecule has 112 valence electrons. The van der Waals surface area contributed by atoms with E-state index in [0.29, 0.717) is 22.9 Å². The molecule has 1 rings (SSSR count). The summed E-state index contributed by atoms with van der Waals surface area (Å²) in [4.78, 5) is 10.7. The molecule has 0 unspecified atom stereocenters. The van der Waals surface area contributed by atoms with Gasteiger partial charge in [0.05, 0.1) is 11.1 Å². The molecule has 0 amide bonds. The Bertz CT molecular complexity index is 463. The van der Waals surface area contributed by atoms with Crippen LogP contribution in [0.25, 0.3) is 0 Å². The molecule has 0 aliphatic rings. The fourth-order valence-corrected chi connectivity index (χ4v) is 1.89. The minimum absolute atomic E-state index is 0.180. The van der Waals surface area contributed by atoms with Gasteiger partial charge in [-0.05, 0) is 35.0 Å². The Labute approximate surface area is 121 Å². The van der Waals surface area contributed by atoms with Crippen molar-refractivity contribution < 1.29 is 32.2 Å². The standard InChI is InChI=1S/C12H12BrF3O4/c1-2-19-10-4-8(5-17)3-9(13)11(10)20-7-18-6-12(14,15)16/h3-5H,2,6-7H2,1H3. The SMILES string of the molecule is CCOc1cc(C=O)cc(Br)c1OCOCC(F)(F)F. The molecule has 0 saturated carbocycles. The van der Waals surface area contributed by atoms with Crippen molar-refractivity contribution in [1.82, 2.24) is 0 Å². The van der Waals surface area contributed by atoms with Crippen molar-refractivity contribution in [3.8, 4) is 11.5 Å². The predicted molar refractivity (Wildman–Crippen MR) is 68.2 cm³/mol. The average molecular weight is 357 g/mol. The van der Waals surface area contributed by atoms with Crippen molar-refractivity contribution in [1.29, 1.82) is 0 Å². The summed E-state index contributed by atoms with van der Waals surface area (Å²) in [5.41, 5.74) is 0.351. The maximum absolute atomic E-state index is 11.9. The third-order valence-corrected chi connectivity index (χ3v) is 2.61. The van der Waals surface area contributed by atoms with Gasteiger partial charge in [0.25, 0.3) is 0 Å². The second-order valence-corrected chi connectivity index (χ2v) is 4.46. The zero-order chi connectivity index (χ0) is 15.2. The predicted octanol–water partition coefficient (Wildman–Crippen LogP) is 3.58. The zero-order valence-corrected chi connectivity index (χ0v) is 12.1. The fraction of sp³-hybridized carbons (Fsp3) is 0.417. The summed E-state index contributed by atoms with van der Waals surface area (Å²) in [6.07, 6.45) is -3.79. The Morgan fingerprint density at radius 1 is 1.30 bits per heavy atom. The molecule has 0 atom stereocenters. The van der Waals surface area contributed by atoms with Gasteiger partial charge >= 0.3 is 6.18 Å². The molecular weight excluding hydrogens is 345 g/mol. The highest BCUT2D eigenvalue weighted by Crippen LogP contribution is 2.36. The van der Waals surface area contributed by atoms with Crippen molar-refractivity contribution in [2.45, 2.75) is 13.1 Å². The van der Waals surface area contributed by atoms with Crippen LogP contribution in [0.5, 0.6) is 11.5 Å². The fourth-order valence-electron chi connectivity index (χ4n) is 1.32. The first-order valence-corrected chi connectivity index (χ1v) is 6.35. The van der Waals surface area contributed by atoms with E-state index in [-0.39, 0.29) is 11.5 Å². The molecule has 0 N–H and O–H groups in total. The van der Waals surface area contributed by atoms with Gasteiger partial charge in [-0.1, -0.05) is 0 Å². The third-order valence-electron chi connectivity index (χ3n) is 2.02. The van der Waals surface area contributed by atoms with E-state index in [1.807, 2.05) is 0 Å². The van der Waals surface area contributed by atoms with Crippen LogP contribution in [0.2, 0.25) is 0 Å². The number of carbonyl (C=O) groups is 1. The average Bonchev–Trinajstić information content (AvgIpc) is 2.35. The van der Waals surface area contributed by atoms with Crippen LogP contribution in [0.4, 0.5) is 13.2 Å². The van der Waals surface area contributed by atoms with Crippen LogP contribution < -0.4 is 9.47 Å². The number of carbonyl (C=O) groups excluding carboxylic acids is 1. The van der Waals surface area contributed by atoms with E-state index in [9.17, 15) is 18.0 Å². The molecule has 0 aromatic heterocycles. The molecule has 20 heavy (non-hydrogen) atoms. The number of benzene rings is 1. The van der Waals surface area contributed by atoms with E-state index < -0.39 is 19.6 Å². The van der Waals surface area contributed by atoms with Gasteiger partial charge in [-0.25, -0.2) is 0 Å². The number of hydrogen-bond donors (Lipinski definition) is 0. The van der Waals surface area contributed by atoms with Gasteiger partial charge in [0.2, 0.25) is 0 Å². The zero-order valence-electron chi connectivity index (χ0n) is 10.5. The molecule has 1 aromatic carbocycles. The van der Waals surface area contributed by atoms with Crippen LogP contribution in [0, 0.1) is 0 Å². The van der Waals surface area contributed by atoms with Crippen molar-refractivity contribution in [2.75, 3.05) is 20.0 Å². The maximum Gasteiger partial charge on any atom is 0.411 e. The molecule has 0 radical (unpaired) electrons. The Morgan fingerprint density at radius 2 is 2.00 bits per heavy atom. The molecule has 0 aliphatic heterocycles. The van der Waals surface area contributed by atoms with Crippen molar-refractivity contribution >= 4 is 22.2 Å². The molecule has 0 saturated heterocycles. The summed E-state index contributed by atoms with van der Waals surface area (Å²) in [5, 5.41) is 0. The van der Waals surface area contributed by atoms with E-state index in [2.05, 4.69) is 20.7 Å². The summed E-state index contributed by atoms with van der Waals surface area (Å²) in [6.45, 7) is 0.0551. The Kier molecular flexibility index (Phi) is 6.28. The Morgan fingerprint density at radius 3 is 2.55 bits per heavy atom. The number of aldehydes is 1. The van der Waals surface area contributed by atoms with Crippen LogP contribution >= 0.6 is 15.9 Å². The molecule has 1 aromatic rings.